The molecule has 1 atom stereocenters. The van der Waals surface area contributed by atoms with Crippen LogP contribution in [-0.4, -0.2) is 19.0 Å². The number of methoxy groups -OCH3 is 1. The van der Waals surface area contributed by atoms with Crippen molar-refractivity contribution in [1.29, 1.82) is 0 Å². The highest BCUT2D eigenvalue weighted by molar-refractivity contribution is 6.19. The summed E-state index contributed by atoms with van der Waals surface area (Å²) < 4.78 is 4.54. The van der Waals surface area contributed by atoms with Crippen LogP contribution in [0.15, 0.2) is 0 Å². The maximum atomic E-state index is 10.9. The van der Waals surface area contributed by atoms with E-state index in [0.29, 0.717) is 5.88 Å². The highest BCUT2D eigenvalue weighted by Gasteiger charge is 2.21. The van der Waals surface area contributed by atoms with E-state index < -0.39 is 0 Å². The van der Waals surface area contributed by atoms with Gasteiger partial charge in [-0.1, -0.05) is 13.8 Å². The Kier molecular flexibility index (Phi) is 4.45. The lowest BCUT2D eigenvalue weighted by Gasteiger charge is -2.14. The zero-order valence-corrected chi connectivity index (χ0v) is 7.31. The van der Waals surface area contributed by atoms with E-state index >= 15 is 0 Å². The molecule has 3 heteroatoms. The molecule has 10 heavy (non-hydrogen) atoms. The van der Waals surface area contributed by atoms with Crippen LogP contribution in [0.4, 0.5) is 0 Å². The molecule has 0 aromatic rings. The molecule has 0 N–H and O–H groups in total. The first kappa shape index (κ1) is 9.76. The molecule has 0 saturated carbocycles. The van der Waals surface area contributed by atoms with Gasteiger partial charge in [-0.3, -0.25) is 4.79 Å². The quantitative estimate of drug-likeness (QED) is 0.469. The summed E-state index contributed by atoms with van der Waals surface area (Å²) in [6.07, 6.45) is 0. The molecule has 1 unspecified atom stereocenters. The lowest BCUT2D eigenvalue weighted by atomic mass is 9.98. The minimum Gasteiger partial charge on any atom is -0.469 e. The van der Waals surface area contributed by atoms with Crippen molar-refractivity contribution >= 4 is 17.6 Å². The van der Waals surface area contributed by atoms with Crippen LogP contribution in [0.5, 0.6) is 0 Å². The number of carbonyl (C=O) groups is 1. The number of carbonyl (C=O) groups excluding carboxylic acids is 1. The van der Waals surface area contributed by atoms with Gasteiger partial charge in [-0.2, -0.15) is 0 Å². The molecule has 0 radical (unpaired) electrons. The summed E-state index contributed by atoms with van der Waals surface area (Å²) in [5, 5.41) is 0. The standard InChI is InChI=1S/C7H13ClO2/c1-5(2)6(4-8)7(9)10-3/h5-6H,4H2,1-3H3. The SMILES string of the molecule is COC(=O)C(CCl)C(C)C. The first-order valence-electron chi connectivity index (χ1n) is 3.27. The minimum atomic E-state index is -0.218. The Balaban J connectivity index is 3.93. The molecule has 0 aliphatic rings. The van der Waals surface area contributed by atoms with Crippen LogP contribution in [0.1, 0.15) is 13.8 Å². The van der Waals surface area contributed by atoms with E-state index in [9.17, 15) is 4.79 Å². The number of hydrogen-bond acceptors (Lipinski definition) is 2. The number of rotatable bonds is 3. The second-order valence-corrected chi connectivity index (χ2v) is 2.84. The molecule has 0 aromatic carbocycles. The second kappa shape index (κ2) is 4.56. The Morgan fingerprint density at radius 3 is 2.20 bits per heavy atom. The molecule has 0 spiro atoms. The molecule has 0 bridgehead atoms. The fraction of sp³-hybridized carbons (Fsp3) is 0.857. The van der Waals surface area contributed by atoms with Crippen molar-refractivity contribution in [3.63, 3.8) is 0 Å². The van der Waals surface area contributed by atoms with Crippen LogP contribution < -0.4 is 0 Å². The van der Waals surface area contributed by atoms with E-state index in [1.54, 1.807) is 0 Å². The number of halogens is 1. The average molecular weight is 165 g/mol. The molecular formula is C7H13ClO2. The molecule has 0 aromatic heterocycles. The maximum absolute atomic E-state index is 10.9. The van der Waals surface area contributed by atoms with E-state index in [0.717, 1.165) is 0 Å². The molecule has 0 rings (SSSR count). The minimum absolute atomic E-state index is 0.160. The number of esters is 1. The molecule has 0 heterocycles. The van der Waals surface area contributed by atoms with Gasteiger partial charge in [-0.25, -0.2) is 0 Å². The molecule has 0 amide bonds. The van der Waals surface area contributed by atoms with Gasteiger partial charge in [-0.15, -0.1) is 11.6 Å². The predicted molar refractivity (Wildman–Crippen MR) is 41.1 cm³/mol. The van der Waals surface area contributed by atoms with Gasteiger partial charge >= 0.3 is 5.97 Å². The first-order chi connectivity index (χ1) is 4.63. The number of alkyl halides is 1. The molecule has 0 fully saturated rings. The Morgan fingerprint density at radius 2 is 2.10 bits per heavy atom. The van der Waals surface area contributed by atoms with E-state index in [1.807, 2.05) is 13.8 Å². The maximum Gasteiger partial charge on any atom is 0.310 e. The van der Waals surface area contributed by atoms with Crippen LogP contribution in [0.3, 0.4) is 0 Å². The average Bonchev–Trinajstić information content (AvgIpc) is 1.88. The van der Waals surface area contributed by atoms with Crippen LogP contribution in [0.2, 0.25) is 0 Å². The van der Waals surface area contributed by atoms with E-state index in [4.69, 9.17) is 11.6 Å². The highest BCUT2D eigenvalue weighted by Crippen LogP contribution is 2.13. The third kappa shape index (κ3) is 2.56. The third-order valence-electron chi connectivity index (χ3n) is 1.47. The summed E-state index contributed by atoms with van der Waals surface area (Å²) in [5.41, 5.74) is 0. The van der Waals surface area contributed by atoms with E-state index in [-0.39, 0.29) is 17.8 Å². The summed E-state index contributed by atoms with van der Waals surface area (Å²) in [6.45, 7) is 3.90. The van der Waals surface area contributed by atoms with Crippen molar-refractivity contribution in [2.24, 2.45) is 11.8 Å². The Labute approximate surface area is 66.5 Å². The first-order valence-corrected chi connectivity index (χ1v) is 3.80. The molecular weight excluding hydrogens is 152 g/mol. The summed E-state index contributed by atoms with van der Waals surface area (Å²) >= 11 is 5.54. The Morgan fingerprint density at radius 1 is 1.60 bits per heavy atom. The topological polar surface area (TPSA) is 26.3 Å². The van der Waals surface area contributed by atoms with Crippen LogP contribution in [0, 0.1) is 11.8 Å². The lowest BCUT2D eigenvalue weighted by Crippen LogP contribution is -2.22. The molecule has 0 saturated heterocycles. The van der Waals surface area contributed by atoms with Crippen LogP contribution in [-0.2, 0) is 9.53 Å². The van der Waals surface area contributed by atoms with E-state index in [2.05, 4.69) is 4.74 Å². The monoisotopic (exact) mass is 164 g/mol. The summed E-state index contributed by atoms with van der Waals surface area (Å²) in [5.74, 6) is 0.214. The van der Waals surface area contributed by atoms with Crippen molar-refractivity contribution in [3.8, 4) is 0 Å². The highest BCUT2D eigenvalue weighted by atomic mass is 35.5. The van der Waals surface area contributed by atoms with Crippen molar-refractivity contribution in [2.75, 3.05) is 13.0 Å². The van der Waals surface area contributed by atoms with Crippen molar-refractivity contribution in [1.82, 2.24) is 0 Å². The molecule has 60 valence electrons. The Hall–Kier alpha value is -0.240. The van der Waals surface area contributed by atoms with Gasteiger partial charge in [0.25, 0.3) is 0 Å². The van der Waals surface area contributed by atoms with E-state index in [1.165, 1.54) is 7.11 Å². The van der Waals surface area contributed by atoms with Gasteiger partial charge < -0.3 is 4.74 Å². The fourth-order valence-corrected chi connectivity index (χ4v) is 1.15. The van der Waals surface area contributed by atoms with Crippen LogP contribution in [0.25, 0.3) is 0 Å². The summed E-state index contributed by atoms with van der Waals surface area (Å²) in [6, 6.07) is 0. The molecule has 0 aliphatic carbocycles. The molecule has 2 nitrogen and oxygen atoms in total. The normalized spacial score (nSPS) is 13.3. The predicted octanol–water partition coefficient (Wildman–Crippen LogP) is 1.67. The number of ether oxygens (including phenoxy) is 1. The van der Waals surface area contributed by atoms with Crippen molar-refractivity contribution < 1.29 is 9.53 Å². The van der Waals surface area contributed by atoms with Gasteiger partial charge in [0.2, 0.25) is 0 Å². The lowest BCUT2D eigenvalue weighted by molar-refractivity contribution is -0.146. The smallest absolute Gasteiger partial charge is 0.310 e. The molecule has 0 aliphatic heterocycles. The van der Waals surface area contributed by atoms with Crippen molar-refractivity contribution in [2.45, 2.75) is 13.8 Å². The third-order valence-corrected chi connectivity index (χ3v) is 1.81. The van der Waals surface area contributed by atoms with Gasteiger partial charge in [0.05, 0.1) is 13.0 Å². The second-order valence-electron chi connectivity index (χ2n) is 2.53. The van der Waals surface area contributed by atoms with Crippen LogP contribution >= 0.6 is 11.6 Å². The Bertz CT molecular complexity index is 112. The zero-order chi connectivity index (χ0) is 8.15. The van der Waals surface area contributed by atoms with Gasteiger partial charge in [0.1, 0.15) is 0 Å². The van der Waals surface area contributed by atoms with Gasteiger partial charge in [0, 0.05) is 5.88 Å². The van der Waals surface area contributed by atoms with Crippen molar-refractivity contribution in [3.05, 3.63) is 0 Å². The summed E-state index contributed by atoms with van der Waals surface area (Å²) in [4.78, 5) is 10.9. The van der Waals surface area contributed by atoms with Gasteiger partial charge in [0.15, 0.2) is 0 Å². The number of hydrogen-bond donors (Lipinski definition) is 0. The zero-order valence-electron chi connectivity index (χ0n) is 6.56. The summed E-state index contributed by atoms with van der Waals surface area (Å²) in [7, 11) is 1.38. The fourth-order valence-electron chi connectivity index (χ4n) is 0.665. The largest absolute Gasteiger partial charge is 0.469 e. The van der Waals surface area contributed by atoms with Gasteiger partial charge in [-0.05, 0) is 5.92 Å².